The molecular formula is C30H59O8P. The van der Waals surface area contributed by atoms with E-state index in [2.05, 4.69) is 18.4 Å². The second-order valence-electron chi connectivity index (χ2n) is 10.6. The van der Waals surface area contributed by atoms with E-state index in [9.17, 15) is 19.0 Å². The third-order valence-corrected chi connectivity index (χ3v) is 7.79. The Morgan fingerprint density at radius 2 is 1.00 bits per heavy atom. The summed E-state index contributed by atoms with van der Waals surface area (Å²) in [6.07, 6.45) is 23.0. The van der Waals surface area contributed by atoms with Crippen LogP contribution in [0.4, 0.5) is 0 Å². The maximum atomic E-state index is 12.3. The minimum absolute atomic E-state index is 0.218. The molecule has 0 spiro atoms. The fourth-order valence-corrected chi connectivity index (χ4v) is 4.82. The first-order valence-electron chi connectivity index (χ1n) is 15.7. The number of hydrogen-bond donors (Lipinski definition) is 1. The third-order valence-electron chi connectivity index (χ3n) is 6.85. The lowest BCUT2D eigenvalue weighted by Crippen LogP contribution is -2.29. The first-order valence-corrected chi connectivity index (χ1v) is 17.2. The Kier molecular flexibility index (Phi) is 26.6. The van der Waals surface area contributed by atoms with Crippen LogP contribution in [-0.2, 0) is 32.7 Å². The molecule has 0 aliphatic heterocycles. The van der Waals surface area contributed by atoms with Crippen LogP contribution in [0.3, 0.4) is 0 Å². The quantitative estimate of drug-likeness (QED) is 0.0533. The number of hydrogen-bond acceptors (Lipinski definition) is 7. The number of phosphoric ester groups is 1. The van der Waals surface area contributed by atoms with E-state index in [1.807, 2.05) is 0 Å². The van der Waals surface area contributed by atoms with E-state index in [0.29, 0.717) is 6.42 Å². The van der Waals surface area contributed by atoms with Crippen molar-refractivity contribution in [3.63, 3.8) is 0 Å². The Morgan fingerprint density at radius 1 is 0.615 bits per heavy atom. The van der Waals surface area contributed by atoms with Crippen LogP contribution in [-0.4, -0.2) is 43.3 Å². The van der Waals surface area contributed by atoms with Crippen molar-refractivity contribution in [1.82, 2.24) is 0 Å². The van der Waals surface area contributed by atoms with Crippen molar-refractivity contribution >= 4 is 19.8 Å². The van der Waals surface area contributed by atoms with Crippen LogP contribution < -0.4 is 0 Å². The zero-order valence-corrected chi connectivity index (χ0v) is 26.2. The summed E-state index contributed by atoms with van der Waals surface area (Å²) in [6, 6.07) is 0. The van der Waals surface area contributed by atoms with E-state index in [1.165, 1.54) is 89.9 Å². The second-order valence-corrected chi connectivity index (χ2v) is 12.2. The van der Waals surface area contributed by atoms with Gasteiger partial charge in [0.15, 0.2) is 6.10 Å². The lowest BCUT2D eigenvalue weighted by atomic mass is 10.1. The molecule has 8 nitrogen and oxygen atoms in total. The number of carbonyl (C=O) groups excluding carboxylic acids is 2. The molecule has 0 aliphatic carbocycles. The van der Waals surface area contributed by atoms with Gasteiger partial charge in [0.05, 0.1) is 6.61 Å². The van der Waals surface area contributed by atoms with Crippen molar-refractivity contribution in [3.05, 3.63) is 0 Å². The molecule has 0 fully saturated rings. The highest BCUT2D eigenvalue weighted by atomic mass is 31.2. The topological polar surface area (TPSA) is 108 Å². The van der Waals surface area contributed by atoms with Gasteiger partial charge in [-0.25, -0.2) is 4.57 Å². The Bertz CT molecular complexity index is 628. The number of unbranched alkanes of at least 4 members (excludes halogenated alkanes) is 18. The molecule has 0 bridgehead atoms. The van der Waals surface area contributed by atoms with E-state index in [-0.39, 0.29) is 19.0 Å². The molecule has 0 aromatic carbocycles. The fraction of sp³-hybridized carbons (Fsp3) is 0.933. The van der Waals surface area contributed by atoms with Crippen LogP contribution >= 0.6 is 7.82 Å². The van der Waals surface area contributed by atoms with Crippen molar-refractivity contribution in [3.8, 4) is 0 Å². The number of rotatable bonds is 29. The molecule has 0 aromatic rings. The normalized spacial score (nSPS) is 13.6. The average molecular weight is 579 g/mol. The number of phosphoric acid groups is 1. The largest absolute Gasteiger partial charge is 0.472 e. The Hall–Kier alpha value is -0.950. The van der Waals surface area contributed by atoms with Gasteiger partial charge in [0.25, 0.3) is 0 Å². The maximum Gasteiger partial charge on any atom is 0.472 e. The summed E-state index contributed by atoms with van der Waals surface area (Å²) in [5.74, 6) is -0.802. The van der Waals surface area contributed by atoms with Crippen LogP contribution in [0, 0.1) is 0 Å². The minimum atomic E-state index is -4.24. The van der Waals surface area contributed by atoms with Gasteiger partial charge in [-0.3, -0.25) is 18.6 Å². The third kappa shape index (κ3) is 27.0. The molecule has 1 N–H and O–H groups in total. The molecule has 2 atom stereocenters. The molecule has 39 heavy (non-hydrogen) atoms. The molecule has 0 saturated carbocycles. The highest BCUT2D eigenvalue weighted by molar-refractivity contribution is 7.47. The predicted molar refractivity (Wildman–Crippen MR) is 157 cm³/mol. The van der Waals surface area contributed by atoms with E-state index in [4.69, 9.17) is 14.0 Å². The molecule has 0 heterocycles. The SMILES string of the molecule is CCCCCCCCCCCCC(=O)OCC(COP(=O)(O)OC)OC(=O)CCCCCCCCCCCC. The van der Waals surface area contributed by atoms with Crippen molar-refractivity contribution in [2.75, 3.05) is 20.3 Å². The zero-order valence-electron chi connectivity index (χ0n) is 25.3. The minimum Gasteiger partial charge on any atom is -0.462 e. The van der Waals surface area contributed by atoms with Crippen molar-refractivity contribution in [1.29, 1.82) is 0 Å². The highest BCUT2D eigenvalue weighted by Crippen LogP contribution is 2.42. The average Bonchev–Trinajstić information content (AvgIpc) is 2.92. The van der Waals surface area contributed by atoms with Crippen LogP contribution in [0.2, 0.25) is 0 Å². The van der Waals surface area contributed by atoms with Gasteiger partial charge in [0, 0.05) is 20.0 Å². The number of ether oxygens (including phenoxy) is 2. The van der Waals surface area contributed by atoms with Gasteiger partial charge in [-0.15, -0.1) is 0 Å². The summed E-state index contributed by atoms with van der Waals surface area (Å²) in [6.45, 7) is 3.83. The summed E-state index contributed by atoms with van der Waals surface area (Å²) >= 11 is 0. The van der Waals surface area contributed by atoms with Crippen LogP contribution in [0.15, 0.2) is 0 Å². The second kappa shape index (κ2) is 27.2. The molecule has 9 heteroatoms. The molecule has 0 rings (SSSR count). The molecule has 0 saturated heterocycles. The fourth-order valence-electron chi connectivity index (χ4n) is 4.36. The van der Waals surface area contributed by atoms with E-state index < -0.39 is 26.5 Å². The summed E-state index contributed by atoms with van der Waals surface area (Å²) in [7, 11) is -3.18. The first kappa shape index (κ1) is 38.0. The zero-order chi connectivity index (χ0) is 29.0. The lowest BCUT2D eigenvalue weighted by Gasteiger charge is -2.19. The van der Waals surface area contributed by atoms with Gasteiger partial charge in [0.2, 0.25) is 0 Å². The Labute approximate surface area is 238 Å². The van der Waals surface area contributed by atoms with Crippen LogP contribution in [0.1, 0.15) is 155 Å². The smallest absolute Gasteiger partial charge is 0.462 e. The Morgan fingerprint density at radius 3 is 1.41 bits per heavy atom. The van der Waals surface area contributed by atoms with E-state index in [1.54, 1.807) is 0 Å². The van der Waals surface area contributed by atoms with Crippen molar-refractivity contribution in [2.24, 2.45) is 0 Å². The summed E-state index contributed by atoms with van der Waals surface area (Å²) in [4.78, 5) is 34.0. The molecular weight excluding hydrogens is 519 g/mol. The van der Waals surface area contributed by atoms with Gasteiger partial charge >= 0.3 is 19.8 Å². The van der Waals surface area contributed by atoms with Crippen LogP contribution in [0.25, 0.3) is 0 Å². The highest BCUT2D eigenvalue weighted by Gasteiger charge is 2.24. The van der Waals surface area contributed by atoms with Crippen molar-refractivity contribution < 1.29 is 37.6 Å². The molecule has 232 valence electrons. The molecule has 0 amide bonds. The van der Waals surface area contributed by atoms with Crippen molar-refractivity contribution in [2.45, 2.75) is 161 Å². The Balaban J connectivity index is 4.14. The molecule has 0 aromatic heterocycles. The number of esters is 2. The van der Waals surface area contributed by atoms with Gasteiger partial charge in [-0.1, -0.05) is 129 Å². The summed E-state index contributed by atoms with van der Waals surface area (Å²) in [5, 5.41) is 0. The molecule has 0 radical (unpaired) electrons. The maximum absolute atomic E-state index is 12.3. The molecule has 2 unspecified atom stereocenters. The van der Waals surface area contributed by atoms with E-state index in [0.717, 1.165) is 45.6 Å². The van der Waals surface area contributed by atoms with Gasteiger partial charge in [-0.2, -0.15) is 0 Å². The van der Waals surface area contributed by atoms with Gasteiger partial charge < -0.3 is 14.4 Å². The van der Waals surface area contributed by atoms with Gasteiger partial charge in [0.1, 0.15) is 6.61 Å². The van der Waals surface area contributed by atoms with E-state index >= 15 is 0 Å². The molecule has 0 aliphatic rings. The summed E-state index contributed by atoms with van der Waals surface area (Å²) < 4.78 is 31.6. The van der Waals surface area contributed by atoms with Gasteiger partial charge in [-0.05, 0) is 12.8 Å². The van der Waals surface area contributed by atoms with Crippen LogP contribution in [0.5, 0.6) is 0 Å². The lowest BCUT2D eigenvalue weighted by molar-refractivity contribution is -0.161. The number of carbonyl (C=O) groups is 2. The standard InChI is InChI=1S/C30H59O8P/c1-4-6-8-10-12-14-16-18-20-22-24-29(31)36-26-28(27-37-39(33,34)35-3)38-30(32)25-23-21-19-17-15-13-11-9-7-5-2/h28H,4-27H2,1-3H3,(H,33,34). The first-order chi connectivity index (χ1) is 18.8. The monoisotopic (exact) mass is 578 g/mol. The summed E-state index contributed by atoms with van der Waals surface area (Å²) in [5.41, 5.74) is 0. The predicted octanol–water partition coefficient (Wildman–Crippen LogP) is 8.83.